The Hall–Kier alpha value is 1.19. The highest BCUT2D eigenvalue weighted by Crippen LogP contribution is 2.65. The van der Waals surface area contributed by atoms with Crippen LogP contribution >= 0.6 is 33.1 Å². The van der Waals surface area contributed by atoms with Gasteiger partial charge in [0, 0.05) is 7.30 Å². The minimum absolute atomic E-state index is 0.187. The Labute approximate surface area is 50.0 Å². The number of carbonyl (C=O) groups is 1. The second-order valence-electron chi connectivity index (χ2n) is 0.837. The fourth-order valence-corrected chi connectivity index (χ4v) is 1.72. The summed E-state index contributed by atoms with van der Waals surface area (Å²) in [6.07, 6.45) is 0. The van der Waals surface area contributed by atoms with Crippen molar-refractivity contribution in [2.24, 2.45) is 5.73 Å². The summed E-state index contributed by atoms with van der Waals surface area (Å²) >= 11 is 0. The fraction of sp³-hybridized carbons (Fsp3) is 0. The van der Waals surface area contributed by atoms with Crippen LogP contribution in [0.15, 0.2) is 0 Å². The van der Waals surface area contributed by atoms with Crippen LogP contribution in [-0.4, -0.2) is 5.65 Å². The first kappa shape index (κ1) is 8.19. The van der Waals surface area contributed by atoms with Crippen LogP contribution in [0.2, 0.25) is 0 Å². The molecule has 42 valence electrons. The molecule has 2 nitrogen and oxygen atoms in total. The number of carbonyl (C=O) groups excluding carboxylic acids is 1. The molecule has 0 aliphatic heterocycles. The molecule has 4 unspecified atom stereocenters. The standard InChI is InChI=1S/CH7NOP4/c2-1(3)7(5)6-4/h6H,4-5H2,(H2,2,3). The third-order valence-corrected chi connectivity index (χ3v) is 9.92. The maximum atomic E-state index is 10.2. The van der Waals surface area contributed by atoms with E-state index in [9.17, 15) is 4.79 Å². The molecule has 4 atom stereocenters. The van der Waals surface area contributed by atoms with E-state index >= 15 is 0 Å². The van der Waals surface area contributed by atoms with E-state index in [4.69, 9.17) is 5.73 Å². The van der Waals surface area contributed by atoms with Gasteiger partial charge >= 0.3 is 0 Å². The average Bonchev–Trinajstić information content (AvgIpc) is 1.65. The van der Waals surface area contributed by atoms with Crippen molar-refractivity contribution in [1.29, 1.82) is 0 Å². The Morgan fingerprint density at radius 2 is 2.29 bits per heavy atom. The van der Waals surface area contributed by atoms with Gasteiger partial charge in [0.05, 0.1) is 0 Å². The van der Waals surface area contributed by atoms with Crippen molar-refractivity contribution < 1.29 is 4.79 Å². The van der Waals surface area contributed by atoms with Crippen molar-refractivity contribution in [3.8, 4) is 0 Å². The van der Waals surface area contributed by atoms with Crippen molar-refractivity contribution in [1.82, 2.24) is 0 Å². The summed E-state index contributed by atoms with van der Waals surface area (Å²) < 4.78 is 0. The summed E-state index contributed by atoms with van der Waals surface area (Å²) in [4.78, 5) is 10.2. The van der Waals surface area contributed by atoms with Crippen LogP contribution in [-0.2, 0) is 0 Å². The van der Waals surface area contributed by atoms with Crippen molar-refractivity contribution >= 4 is 38.8 Å². The highest BCUT2D eigenvalue weighted by Gasteiger charge is 2.02. The first-order valence-electron chi connectivity index (χ1n) is 1.49. The van der Waals surface area contributed by atoms with E-state index < -0.39 is 7.30 Å². The quantitative estimate of drug-likeness (QED) is 0.634. The third kappa shape index (κ3) is 3.75. The van der Waals surface area contributed by atoms with Gasteiger partial charge in [0.15, 0.2) is 0 Å². The van der Waals surface area contributed by atoms with Crippen LogP contribution in [0, 0.1) is 0 Å². The molecule has 0 radical (unpaired) electrons. The van der Waals surface area contributed by atoms with Gasteiger partial charge in [0.2, 0.25) is 5.65 Å². The van der Waals surface area contributed by atoms with Crippen molar-refractivity contribution in [3.05, 3.63) is 0 Å². The predicted molar refractivity (Wildman–Crippen MR) is 44.2 cm³/mol. The van der Waals surface area contributed by atoms with E-state index in [-0.39, 0.29) is 5.65 Å². The molecular weight excluding hydrogens is 166 g/mol. The first-order chi connectivity index (χ1) is 3.18. The second kappa shape index (κ2) is 4.11. The highest BCUT2D eigenvalue weighted by molar-refractivity contribution is 8.66. The Bertz CT molecular complexity index is 74.1. The van der Waals surface area contributed by atoms with E-state index in [1.165, 1.54) is 0 Å². The number of primary amides is 1. The molecule has 0 saturated carbocycles. The SMILES string of the molecule is NC(=O)P(P)PP. The minimum Gasteiger partial charge on any atom is -0.365 e. The van der Waals surface area contributed by atoms with Crippen molar-refractivity contribution in [2.45, 2.75) is 0 Å². The van der Waals surface area contributed by atoms with Gasteiger partial charge < -0.3 is 5.73 Å². The van der Waals surface area contributed by atoms with Gasteiger partial charge in [-0.15, -0.1) is 8.93 Å². The molecule has 0 spiro atoms. The Morgan fingerprint density at radius 3 is 2.29 bits per heavy atom. The maximum Gasteiger partial charge on any atom is 0.246 e. The molecule has 2 N–H and O–H groups in total. The molecule has 0 aromatic rings. The fourth-order valence-electron chi connectivity index (χ4n) is 0.0636. The topological polar surface area (TPSA) is 43.1 Å². The summed E-state index contributed by atoms with van der Waals surface area (Å²) in [6.45, 7) is 0. The lowest BCUT2D eigenvalue weighted by molar-refractivity contribution is 0.267. The minimum atomic E-state index is -0.591. The Balaban J connectivity index is 3.34. The lowest BCUT2D eigenvalue weighted by atomic mass is 11.5. The zero-order valence-corrected chi connectivity index (χ0v) is 7.79. The lowest BCUT2D eigenvalue weighted by Gasteiger charge is -1.98. The average molecular weight is 173 g/mol. The summed E-state index contributed by atoms with van der Waals surface area (Å²) in [7, 11) is 4.92. The number of amides is 1. The van der Waals surface area contributed by atoms with Gasteiger partial charge in [0.1, 0.15) is 0 Å². The van der Waals surface area contributed by atoms with Crippen molar-refractivity contribution in [2.75, 3.05) is 0 Å². The molecule has 0 rings (SSSR count). The molecule has 0 aromatic carbocycles. The van der Waals surface area contributed by atoms with Gasteiger partial charge in [-0.1, -0.05) is 16.9 Å². The zero-order chi connectivity index (χ0) is 5.86. The van der Waals surface area contributed by atoms with E-state index in [2.05, 4.69) is 17.9 Å². The van der Waals surface area contributed by atoms with Crippen LogP contribution in [0.1, 0.15) is 0 Å². The zero-order valence-electron chi connectivity index (χ0n) is 3.59. The van der Waals surface area contributed by atoms with Crippen molar-refractivity contribution in [3.63, 3.8) is 0 Å². The Kier molecular flexibility index (Phi) is 4.81. The van der Waals surface area contributed by atoms with Crippen LogP contribution in [0.3, 0.4) is 0 Å². The number of hydrogen-bond donors (Lipinski definition) is 1. The monoisotopic (exact) mass is 173 g/mol. The lowest BCUT2D eigenvalue weighted by Crippen LogP contribution is -1.99. The summed E-state index contributed by atoms with van der Waals surface area (Å²) in [6, 6.07) is 0. The third-order valence-electron chi connectivity index (χ3n) is 0.377. The second-order valence-corrected chi connectivity index (χ2v) is 9.92. The first-order valence-corrected chi connectivity index (χ1v) is 8.10. The molecule has 0 aliphatic rings. The van der Waals surface area contributed by atoms with Gasteiger partial charge in [0.25, 0.3) is 0 Å². The number of nitrogens with two attached hydrogens (primary N) is 1. The van der Waals surface area contributed by atoms with Crippen LogP contribution in [0.25, 0.3) is 0 Å². The van der Waals surface area contributed by atoms with Gasteiger partial charge in [-0.05, 0) is 0 Å². The number of hydrogen-bond acceptors (Lipinski definition) is 1. The van der Waals surface area contributed by atoms with E-state index in [0.29, 0.717) is 7.96 Å². The molecule has 1 amide bonds. The van der Waals surface area contributed by atoms with Gasteiger partial charge in [-0.25, -0.2) is 0 Å². The molecule has 7 heavy (non-hydrogen) atoms. The Morgan fingerprint density at radius 1 is 1.86 bits per heavy atom. The largest absolute Gasteiger partial charge is 0.365 e. The molecule has 0 aromatic heterocycles. The molecule has 0 aliphatic carbocycles. The molecule has 0 bridgehead atoms. The molecule has 0 saturated heterocycles. The summed E-state index contributed by atoms with van der Waals surface area (Å²) in [5.41, 5.74) is 4.72. The van der Waals surface area contributed by atoms with E-state index in [1.54, 1.807) is 0 Å². The van der Waals surface area contributed by atoms with E-state index in [1.807, 2.05) is 0 Å². The van der Waals surface area contributed by atoms with E-state index in [0.717, 1.165) is 0 Å². The normalized spacial score (nSPS) is 15.1. The predicted octanol–water partition coefficient (Wildman–Crippen LogP) is 1.72. The molecule has 0 fully saturated rings. The maximum absolute atomic E-state index is 10.2. The summed E-state index contributed by atoms with van der Waals surface area (Å²) in [5.74, 6) is 0. The molecular formula is CH7NOP4. The highest BCUT2D eigenvalue weighted by atomic mass is 32.6. The smallest absolute Gasteiger partial charge is 0.246 e. The molecule has 6 heteroatoms. The van der Waals surface area contributed by atoms with Gasteiger partial charge in [-0.2, -0.15) is 0 Å². The van der Waals surface area contributed by atoms with Gasteiger partial charge in [-0.3, -0.25) is 4.79 Å². The van der Waals surface area contributed by atoms with Crippen LogP contribution in [0.5, 0.6) is 0 Å². The van der Waals surface area contributed by atoms with Crippen LogP contribution < -0.4 is 5.73 Å². The summed E-state index contributed by atoms with van der Waals surface area (Å²) in [5, 5.41) is 0. The van der Waals surface area contributed by atoms with Crippen LogP contribution in [0.4, 0.5) is 4.79 Å². The number of rotatable bonds is 2. The molecule has 0 heterocycles.